The van der Waals surface area contributed by atoms with Crippen molar-refractivity contribution in [1.82, 2.24) is 5.32 Å². The molecule has 0 unspecified atom stereocenters. The van der Waals surface area contributed by atoms with Crippen LogP contribution in [0.5, 0.6) is 0 Å². The van der Waals surface area contributed by atoms with E-state index in [0.717, 1.165) is 29.7 Å². The lowest BCUT2D eigenvalue weighted by Gasteiger charge is -2.37. The van der Waals surface area contributed by atoms with Gasteiger partial charge in [-0.1, -0.05) is 20.8 Å². The van der Waals surface area contributed by atoms with E-state index in [4.69, 9.17) is 0 Å². The monoisotopic (exact) mass is 263 g/mol. The van der Waals surface area contributed by atoms with Gasteiger partial charge in [0.1, 0.15) is 0 Å². The summed E-state index contributed by atoms with van der Waals surface area (Å²) < 4.78 is 0. The van der Waals surface area contributed by atoms with Gasteiger partial charge in [0.25, 0.3) is 0 Å². The van der Waals surface area contributed by atoms with Crippen molar-refractivity contribution in [3.8, 4) is 0 Å². The molecule has 0 amide bonds. The molecule has 0 atom stereocenters. The van der Waals surface area contributed by atoms with Gasteiger partial charge < -0.3 is 5.32 Å². The minimum absolute atomic E-state index is 0.523. The second kappa shape index (κ2) is 5.39. The lowest BCUT2D eigenvalue weighted by Crippen LogP contribution is -2.39. The van der Waals surface area contributed by atoms with Crippen LogP contribution in [0.25, 0.3) is 0 Å². The van der Waals surface area contributed by atoms with Gasteiger partial charge in [-0.15, -0.1) is 0 Å². The first-order valence-electron chi connectivity index (χ1n) is 8.77. The SMILES string of the molecule is CC(C)(C)C1CCC(NCC(C2CC2)C2CC2)CC1. The van der Waals surface area contributed by atoms with E-state index in [1.807, 2.05) is 0 Å². The van der Waals surface area contributed by atoms with E-state index in [0.29, 0.717) is 5.41 Å². The third kappa shape index (κ3) is 3.74. The highest BCUT2D eigenvalue weighted by Crippen LogP contribution is 2.49. The first-order chi connectivity index (χ1) is 9.04. The molecule has 0 saturated heterocycles. The molecule has 110 valence electrons. The summed E-state index contributed by atoms with van der Waals surface area (Å²) in [5, 5.41) is 3.94. The topological polar surface area (TPSA) is 12.0 Å². The highest BCUT2D eigenvalue weighted by molar-refractivity contribution is 4.93. The average Bonchev–Trinajstić information content (AvgIpc) is 3.23. The fraction of sp³-hybridized carbons (Fsp3) is 1.00. The summed E-state index contributed by atoms with van der Waals surface area (Å²) in [5.74, 6) is 4.20. The van der Waals surface area contributed by atoms with E-state index in [1.54, 1.807) is 0 Å². The molecule has 19 heavy (non-hydrogen) atoms. The lowest BCUT2D eigenvalue weighted by atomic mass is 9.71. The van der Waals surface area contributed by atoms with Crippen LogP contribution in [0.15, 0.2) is 0 Å². The van der Waals surface area contributed by atoms with E-state index in [1.165, 1.54) is 57.9 Å². The second-order valence-corrected chi connectivity index (χ2v) is 8.66. The molecule has 0 spiro atoms. The molecule has 0 aliphatic heterocycles. The van der Waals surface area contributed by atoms with Crippen LogP contribution in [0, 0.1) is 29.1 Å². The van der Waals surface area contributed by atoms with Crippen molar-refractivity contribution >= 4 is 0 Å². The van der Waals surface area contributed by atoms with Crippen molar-refractivity contribution in [1.29, 1.82) is 0 Å². The largest absolute Gasteiger partial charge is 0.314 e. The van der Waals surface area contributed by atoms with Crippen LogP contribution in [0.3, 0.4) is 0 Å². The molecule has 0 bridgehead atoms. The molecule has 0 aromatic heterocycles. The van der Waals surface area contributed by atoms with Gasteiger partial charge in [0.2, 0.25) is 0 Å². The van der Waals surface area contributed by atoms with E-state index in [-0.39, 0.29) is 0 Å². The number of nitrogens with one attached hydrogen (secondary N) is 1. The molecule has 3 fully saturated rings. The summed E-state index contributed by atoms with van der Waals surface area (Å²) in [5.41, 5.74) is 0.523. The van der Waals surface area contributed by atoms with Crippen LogP contribution in [-0.2, 0) is 0 Å². The minimum Gasteiger partial charge on any atom is -0.314 e. The minimum atomic E-state index is 0.523. The molecule has 3 saturated carbocycles. The Morgan fingerprint density at radius 3 is 1.79 bits per heavy atom. The van der Waals surface area contributed by atoms with Crippen molar-refractivity contribution < 1.29 is 0 Å². The molecule has 0 aromatic carbocycles. The Balaban J connectivity index is 1.39. The predicted molar refractivity (Wildman–Crippen MR) is 82.1 cm³/mol. The Hall–Kier alpha value is -0.0400. The smallest absolute Gasteiger partial charge is 0.00673 e. The fourth-order valence-corrected chi connectivity index (χ4v) is 4.23. The van der Waals surface area contributed by atoms with Crippen molar-refractivity contribution in [2.24, 2.45) is 29.1 Å². The van der Waals surface area contributed by atoms with Gasteiger partial charge in [-0.05, 0) is 87.0 Å². The van der Waals surface area contributed by atoms with Crippen LogP contribution in [-0.4, -0.2) is 12.6 Å². The molecular formula is C18H33N. The molecule has 1 heteroatoms. The molecule has 1 nitrogen and oxygen atoms in total. The Morgan fingerprint density at radius 1 is 0.842 bits per heavy atom. The van der Waals surface area contributed by atoms with Gasteiger partial charge in [0.05, 0.1) is 0 Å². The Morgan fingerprint density at radius 2 is 1.37 bits per heavy atom. The standard InChI is InChI=1S/C18H33N/c1-18(2,3)15-8-10-16(11-9-15)19-12-17(13-4-5-13)14-6-7-14/h13-17,19H,4-12H2,1-3H3. The third-order valence-corrected chi connectivity index (χ3v) is 6.05. The fourth-order valence-electron chi connectivity index (χ4n) is 4.23. The molecule has 3 aliphatic rings. The van der Waals surface area contributed by atoms with Crippen molar-refractivity contribution in [3.05, 3.63) is 0 Å². The normalized spacial score (nSPS) is 32.8. The number of hydrogen-bond donors (Lipinski definition) is 1. The lowest BCUT2D eigenvalue weighted by molar-refractivity contribution is 0.157. The van der Waals surface area contributed by atoms with Crippen LogP contribution in [0.1, 0.15) is 72.1 Å². The van der Waals surface area contributed by atoms with E-state index in [9.17, 15) is 0 Å². The summed E-state index contributed by atoms with van der Waals surface area (Å²) in [7, 11) is 0. The zero-order valence-corrected chi connectivity index (χ0v) is 13.3. The molecule has 3 rings (SSSR count). The van der Waals surface area contributed by atoms with Crippen molar-refractivity contribution in [2.75, 3.05) is 6.54 Å². The zero-order valence-electron chi connectivity index (χ0n) is 13.3. The van der Waals surface area contributed by atoms with Crippen molar-refractivity contribution in [2.45, 2.75) is 78.2 Å². The zero-order chi connectivity index (χ0) is 13.5. The number of rotatable bonds is 5. The summed E-state index contributed by atoms with van der Waals surface area (Å²) in [6.07, 6.45) is 11.8. The van der Waals surface area contributed by atoms with E-state index in [2.05, 4.69) is 26.1 Å². The highest BCUT2D eigenvalue weighted by atomic mass is 14.9. The molecule has 0 aromatic rings. The Labute approximate surface area is 119 Å². The van der Waals surface area contributed by atoms with Gasteiger partial charge >= 0.3 is 0 Å². The van der Waals surface area contributed by atoms with Gasteiger partial charge in [-0.25, -0.2) is 0 Å². The molecule has 0 radical (unpaired) electrons. The van der Waals surface area contributed by atoms with Crippen LogP contribution in [0.4, 0.5) is 0 Å². The molecule has 0 heterocycles. The van der Waals surface area contributed by atoms with Crippen LogP contribution in [0.2, 0.25) is 0 Å². The first-order valence-corrected chi connectivity index (χ1v) is 8.77. The van der Waals surface area contributed by atoms with Gasteiger partial charge in [0, 0.05) is 6.04 Å². The first kappa shape index (κ1) is 13.9. The Kier molecular flexibility index (Phi) is 3.95. The van der Waals surface area contributed by atoms with Gasteiger partial charge in [0.15, 0.2) is 0 Å². The summed E-state index contributed by atoms with van der Waals surface area (Å²) in [4.78, 5) is 0. The second-order valence-electron chi connectivity index (χ2n) is 8.66. The molecule has 3 aliphatic carbocycles. The Bertz CT molecular complexity index is 275. The predicted octanol–water partition coefficient (Wildman–Crippen LogP) is 4.62. The highest BCUT2D eigenvalue weighted by Gasteiger charge is 2.41. The summed E-state index contributed by atoms with van der Waals surface area (Å²) in [6.45, 7) is 8.59. The summed E-state index contributed by atoms with van der Waals surface area (Å²) in [6, 6.07) is 0.832. The van der Waals surface area contributed by atoms with Gasteiger partial charge in [-0.3, -0.25) is 0 Å². The average molecular weight is 263 g/mol. The maximum atomic E-state index is 3.94. The third-order valence-electron chi connectivity index (χ3n) is 6.05. The molecular weight excluding hydrogens is 230 g/mol. The van der Waals surface area contributed by atoms with Crippen LogP contribution < -0.4 is 5.32 Å². The molecule has 1 N–H and O–H groups in total. The van der Waals surface area contributed by atoms with E-state index >= 15 is 0 Å². The maximum absolute atomic E-state index is 3.94. The van der Waals surface area contributed by atoms with Crippen molar-refractivity contribution in [3.63, 3.8) is 0 Å². The number of hydrogen-bond acceptors (Lipinski definition) is 1. The maximum Gasteiger partial charge on any atom is 0.00673 e. The van der Waals surface area contributed by atoms with Gasteiger partial charge in [-0.2, -0.15) is 0 Å². The summed E-state index contributed by atoms with van der Waals surface area (Å²) >= 11 is 0. The van der Waals surface area contributed by atoms with Crippen LogP contribution >= 0.6 is 0 Å². The van der Waals surface area contributed by atoms with E-state index < -0.39 is 0 Å². The quantitative estimate of drug-likeness (QED) is 0.763.